The summed E-state index contributed by atoms with van der Waals surface area (Å²) < 4.78 is 2.94. The van der Waals surface area contributed by atoms with Crippen LogP contribution in [0.2, 0.25) is 10.0 Å². The molecule has 8 heteroatoms. The zero-order valence-electron chi connectivity index (χ0n) is 16.8. The Balaban J connectivity index is 1.72. The van der Waals surface area contributed by atoms with Crippen LogP contribution in [-0.4, -0.2) is 20.0 Å². The smallest absolute Gasteiger partial charge is 0.168 e. The molecular formula is C23H19BrCl2N4S. The summed E-state index contributed by atoms with van der Waals surface area (Å²) in [5.41, 5.74) is 4.86. The van der Waals surface area contributed by atoms with Crippen molar-refractivity contribution < 1.29 is 0 Å². The molecule has 0 spiro atoms. The van der Waals surface area contributed by atoms with Gasteiger partial charge in [-0.15, -0.1) is 10.2 Å². The molecule has 2 aromatic heterocycles. The van der Waals surface area contributed by atoms with Crippen molar-refractivity contribution in [2.45, 2.75) is 38.5 Å². The monoisotopic (exact) mass is 532 g/mol. The number of halogens is 3. The first-order valence-electron chi connectivity index (χ1n) is 10.2. The Morgan fingerprint density at radius 2 is 1.87 bits per heavy atom. The van der Waals surface area contributed by atoms with Gasteiger partial charge in [-0.05, 0) is 49.6 Å². The Morgan fingerprint density at radius 3 is 2.52 bits per heavy atom. The molecule has 0 saturated heterocycles. The van der Waals surface area contributed by atoms with E-state index in [1.54, 1.807) is 17.4 Å². The fourth-order valence-corrected chi connectivity index (χ4v) is 5.62. The van der Waals surface area contributed by atoms with Gasteiger partial charge >= 0.3 is 0 Å². The molecule has 1 saturated carbocycles. The lowest BCUT2D eigenvalue weighted by Gasteiger charge is -2.21. The molecule has 0 atom stereocenters. The van der Waals surface area contributed by atoms with Crippen LogP contribution in [0.1, 0.15) is 42.7 Å². The quantitative estimate of drug-likeness (QED) is 0.261. The highest BCUT2D eigenvalue weighted by Crippen LogP contribution is 2.42. The topological polar surface area (TPSA) is 43.6 Å². The van der Waals surface area contributed by atoms with Crippen LogP contribution < -0.4 is 0 Å². The molecule has 158 valence electrons. The maximum atomic E-state index is 6.59. The van der Waals surface area contributed by atoms with Gasteiger partial charge < -0.3 is 0 Å². The highest BCUT2D eigenvalue weighted by atomic mass is 79.9. The highest BCUT2D eigenvalue weighted by Gasteiger charge is 2.27. The van der Waals surface area contributed by atoms with Crippen LogP contribution in [0, 0.1) is 0 Å². The van der Waals surface area contributed by atoms with Crippen molar-refractivity contribution in [2.24, 2.45) is 0 Å². The molecule has 0 unspecified atom stereocenters. The third kappa shape index (κ3) is 3.95. The molecular weight excluding hydrogens is 515 g/mol. The first kappa shape index (κ1) is 21.1. The standard InChI is InChI=1S/C23H19BrCl2N4S/c1-2-17-20(23-28-27-22(31-23)14-4-3-5-14)29-30(19-11-10-16(25)12-18(19)26)21(17)13-6-8-15(24)9-7-13/h6-12,14H,2-5H2,1H3. The summed E-state index contributed by atoms with van der Waals surface area (Å²) in [6.45, 7) is 2.14. The number of hydrogen-bond acceptors (Lipinski definition) is 4. The van der Waals surface area contributed by atoms with Gasteiger partial charge in [0.25, 0.3) is 0 Å². The van der Waals surface area contributed by atoms with Crippen LogP contribution in [-0.2, 0) is 6.42 Å². The second-order valence-electron chi connectivity index (χ2n) is 7.62. The van der Waals surface area contributed by atoms with Crippen molar-refractivity contribution in [3.63, 3.8) is 0 Å². The number of benzene rings is 2. The fraction of sp³-hybridized carbons (Fsp3) is 0.261. The lowest BCUT2D eigenvalue weighted by atomic mass is 9.86. The molecule has 4 nitrogen and oxygen atoms in total. The molecule has 0 radical (unpaired) electrons. The zero-order valence-corrected chi connectivity index (χ0v) is 20.7. The predicted molar refractivity (Wildman–Crippen MR) is 132 cm³/mol. The lowest BCUT2D eigenvalue weighted by Crippen LogP contribution is -2.07. The molecule has 5 rings (SSSR count). The molecule has 31 heavy (non-hydrogen) atoms. The Labute approximate surface area is 203 Å². The average Bonchev–Trinajstić information content (AvgIpc) is 3.32. The summed E-state index contributed by atoms with van der Waals surface area (Å²) in [5.74, 6) is 0.551. The molecule has 0 bridgehead atoms. The van der Waals surface area contributed by atoms with E-state index in [0.29, 0.717) is 16.0 Å². The Hall–Kier alpha value is -1.73. The molecule has 2 heterocycles. The second-order valence-corrected chi connectivity index (χ2v) is 10.4. The first-order chi connectivity index (χ1) is 15.0. The summed E-state index contributed by atoms with van der Waals surface area (Å²) in [6, 6.07) is 13.7. The molecule has 4 aromatic rings. The minimum atomic E-state index is 0.551. The number of aromatic nitrogens is 4. The molecule has 1 aliphatic rings. The van der Waals surface area contributed by atoms with Crippen molar-refractivity contribution in [2.75, 3.05) is 0 Å². The van der Waals surface area contributed by atoms with E-state index in [0.717, 1.165) is 49.1 Å². The van der Waals surface area contributed by atoms with Gasteiger partial charge in [0.2, 0.25) is 0 Å². The van der Waals surface area contributed by atoms with Crippen molar-refractivity contribution in [1.82, 2.24) is 20.0 Å². The van der Waals surface area contributed by atoms with Crippen molar-refractivity contribution in [3.05, 3.63) is 67.6 Å². The summed E-state index contributed by atoms with van der Waals surface area (Å²) in [5, 5.41) is 17.1. The Morgan fingerprint density at radius 1 is 1.10 bits per heavy atom. The number of hydrogen-bond donors (Lipinski definition) is 0. The number of nitrogens with zero attached hydrogens (tertiary/aromatic N) is 4. The largest absolute Gasteiger partial charge is 0.231 e. The lowest BCUT2D eigenvalue weighted by molar-refractivity contribution is 0.416. The third-order valence-electron chi connectivity index (χ3n) is 5.69. The van der Waals surface area contributed by atoms with Crippen LogP contribution in [0.3, 0.4) is 0 Å². The van der Waals surface area contributed by atoms with E-state index in [1.807, 2.05) is 28.9 Å². The third-order valence-corrected chi connectivity index (χ3v) is 7.85. The summed E-state index contributed by atoms with van der Waals surface area (Å²) >= 11 is 17.9. The van der Waals surface area contributed by atoms with Crippen LogP contribution in [0.4, 0.5) is 0 Å². The molecule has 1 aliphatic carbocycles. The van der Waals surface area contributed by atoms with Crippen molar-refractivity contribution in [1.29, 1.82) is 0 Å². The van der Waals surface area contributed by atoms with E-state index in [2.05, 4.69) is 45.2 Å². The molecule has 1 fully saturated rings. The van der Waals surface area contributed by atoms with E-state index in [-0.39, 0.29) is 0 Å². The van der Waals surface area contributed by atoms with E-state index < -0.39 is 0 Å². The first-order valence-corrected chi connectivity index (χ1v) is 12.6. The summed E-state index contributed by atoms with van der Waals surface area (Å²) in [4.78, 5) is 0. The van der Waals surface area contributed by atoms with Crippen LogP contribution in [0.15, 0.2) is 46.9 Å². The van der Waals surface area contributed by atoms with E-state index in [4.69, 9.17) is 28.3 Å². The van der Waals surface area contributed by atoms with Crippen LogP contribution >= 0.6 is 50.5 Å². The Bertz CT molecular complexity index is 1250. The van der Waals surface area contributed by atoms with Gasteiger partial charge in [0.15, 0.2) is 5.01 Å². The van der Waals surface area contributed by atoms with Crippen molar-refractivity contribution in [3.8, 4) is 27.6 Å². The summed E-state index contributed by atoms with van der Waals surface area (Å²) in [6.07, 6.45) is 4.49. The SMILES string of the molecule is CCc1c(-c2nnc(C3CCC3)s2)nn(-c2ccc(Cl)cc2Cl)c1-c1ccc(Br)cc1. The molecule has 0 amide bonds. The van der Waals surface area contributed by atoms with Gasteiger partial charge in [0.1, 0.15) is 10.7 Å². The fourth-order valence-electron chi connectivity index (χ4n) is 3.84. The van der Waals surface area contributed by atoms with E-state index >= 15 is 0 Å². The normalized spacial score (nSPS) is 14.1. The maximum absolute atomic E-state index is 6.59. The zero-order chi connectivity index (χ0) is 21.5. The second kappa shape index (κ2) is 8.66. The molecule has 0 aliphatic heterocycles. The van der Waals surface area contributed by atoms with E-state index in [9.17, 15) is 0 Å². The van der Waals surface area contributed by atoms with Gasteiger partial charge in [-0.1, -0.05) is 75.9 Å². The van der Waals surface area contributed by atoms with Crippen molar-refractivity contribution >= 4 is 50.5 Å². The van der Waals surface area contributed by atoms with Crippen LogP contribution in [0.5, 0.6) is 0 Å². The van der Waals surface area contributed by atoms with E-state index in [1.165, 1.54) is 19.3 Å². The molecule has 0 N–H and O–H groups in total. The molecule has 2 aromatic carbocycles. The summed E-state index contributed by atoms with van der Waals surface area (Å²) in [7, 11) is 0. The minimum Gasteiger partial charge on any atom is -0.231 e. The van der Waals surface area contributed by atoms with Gasteiger partial charge in [0.05, 0.1) is 16.4 Å². The number of rotatable bonds is 5. The predicted octanol–water partition coefficient (Wildman–Crippen LogP) is 7.96. The van der Waals surface area contributed by atoms with Crippen LogP contribution in [0.25, 0.3) is 27.6 Å². The van der Waals surface area contributed by atoms with Gasteiger partial charge in [0, 0.05) is 26.5 Å². The maximum Gasteiger partial charge on any atom is 0.168 e. The van der Waals surface area contributed by atoms with Gasteiger partial charge in [-0.2, -0.15) is 5.10 Å². The van der Waals surface area contributed by atoms with Gasteiger partial charge in [-0.3, -0.25) is 0 Å². The average molecular weight is 534 g/mol. The Kier molecular flexibility index (Phi) is 5.90. The highest BCUT2D eigenvalue weighted by molar-refractivity contribution is 9.10. The van der Waals surface area contributed by atoms with Gasteiger partial charge in [-0.25, -0.2) is 4.68 Å². The minimum absolute atomic E-state index is 0.551.